The summed E-state index contributed by atoms with van der Waals surface area (Å²) in [7, 11) is 0. The third kappa shape index (κ3) is 4.00. The second kappa shape index (κ2) is 7.63. The molecule has 2 aromatic rings. The number of nitrogens with two attached hydrogens (primary N) is 1. The summed E-state index contributed by atoms with van der Waals surface area (Å²) >= 11 is 0. The number of nitrogen functional groups attached to an aromatic ring is 1. The molecule has 0 aliphatic rings. The number of amides is 1. The van der Waals surface area contributed by atoms with E-state index in [9.17, 15) is 9.18 Å². The quantitative estimate of drug-likeness (QED) is 0.828. The Morgan fingerprint density at radius 1 is 1.09 bits per heavy atom. The molecule has 0 heterocycles. The van der Waals surface area contributed by atoms with Gasteiger partial charge < -0.3 is 15.4 Å². The Hall–Kier alpha value is -2.56. The van der Waals surface area contributed by atoms with Crippen molar-refractivity contribution in [1.29, 1.82) is 0 Å². The SMILES string of the molecule is CCN(CC)C(=O)Cc1cccc(Oc2ccccc2F)c1N. The largest absolute Gasteiger partial charge is 0.452 e. The van der Waals surface area contributed by atoms with Gasteiger partial charge in [-0.05, 0) is 37.6 Å². The van der Waals surface area contributed by atoms with Gasteiger partial charge in [0.15, 0.2) is 17.3 Å². The van der Waals surface area contributed by atoms with Gasteiger partial charge in [0.2, 0.25) is 5.91 Å². The first kappa shape index (κ1) is 16.8. The van der Waals surface area contributed by atoms with Crippen LogP contribution in [0.2, 0.25) is 0 Å². The lowest BCUT2D eigenvalue weighted by molar-refractivity contribution is -0.130. The first-order valence-corrected chi connectivity index (χ1v) is 7.64. The molecule has 4 nitrogen and oxygen atoms in total. The molecule has 23 heavy (non-hydrogen) atoms. The van der Waals surface area contributed by atoms with Crippen LogP contribution in [0, 0.1) is 5.82 Å². The highest BCUT2D eigenvalue weighted by molar-refractivity contribution is 5.81. The molecule has 0 atom stereocenters. The number of para-hydroxylation sites is 2. The molecular formula is C18H21FN2O2. The molecule has 0 radical (unpaired) electrons. The van der Waals surface area contributed by atoms with Crippen LogP contribution in [0.3, 0.4) is 0 Å². The summed E-state index contributed by atoms with van der Waals surface area (Å²) in [6.45, 7) is 5.17. The van der Waals surface area contributed by atoms with Crippen molar-refractivity contribution < 1.29 is 13.9 Å². The number of likely N-dealkylation sites (N-methyl/N-ethyl adjacent to an activating group) is 1. The Labute approximate surface area is 135 Å². The summed E-state index contributed by atoms with van der Waals surface area (Å²) in [6, 6.07) is 11.3. The summed E-state index contributed by atoms with van der Waals surface area (Å²) < 4.78 is 19.2. The topological polar surface area (TPSA) is 55.6 Å². The van der Waals surface area contributed by atoms with Gasteiger partial charge in [-0.15, -0.1) is 0 Å². The van der Waals surface area contributed by atoms with E-state index in [4.69, 9.17) is 10.5 Å². The molecule has 0 fully saturated rings. The van der Waals surface area contributed by atoms with E-state index in [0.717, 1.165) is 0 Å². The number of rotatable bonds is 6. The summed E-state index contributed by atoms with van der Waals surface area (Å²) in [4.78, 5) is 14.0. The second-order valence-electron chi connectivity index (χ2n) is 5.10. The third-order valence-electron chi connectivity index (χ3n) is 3.67. The first-order chi connectivity index (χ1) is 11.1. The van der Waals surface area contributed by atoms with E-state index in [-0.39, 0.29) is 18.1 Å². The van der Waals surface area contributed by atoms with E-state index in [1.165, 1.54) is 12.1 Å². The van der Waals surface area contributed by atoms with Gasteiger partial charge in [0.25, 0.3) is 0 Å². The van der Waals surface area contributed by atoms with Crippen LogP contribution in [0.4, 0.5) is 10.1 Å². The molecular weight excluding hydrogens is 295 g/mol. The Morgan fingerprint density at radius 3 is 2.39 bits per heavy atom. The number of ether oxygens (including phenoxy) is 1. The predicted molar refractivity (Wildman–Crippen MR) is 89.0 cm³/mol. The summed E-state index contributed by atoms with van der Waals surface area (Å²) in [5.41, 5.74) is 7.13. The van der Waals surface area contributed by atoms with Gasteiger partial charge in [-0.3, -0.25) is 4.79 Å². The number of anilines is 1. The van der Waals surface area contributed by atoms with Gasteiger partial charge in [0.1, 0.15) is 0 Å². The molecule has 0 aliphatic heterocycles. The number of nitrogens with zero attached hydrogens (tertiary/aromatic N) is 1. The molecule has 2 aromatic carbocycles. The highest BCUT2D eigenvalue weighted by Gasteiger charge is 2.15. The lowest BCUT2D eigenvalue weighted by Gasteiger charge is -2.19. The maximum Gasteiger partial charge on any atom is 0.227 e. The Bertz CT molecular complexity index is 684. The number of hydrogen-bond acceptors (Lipinski definition) is 3. The fraction of sp³-hybridized carbons (Fsp3) is 0.278. The summed E-state index contributed by atoms with van der Waals surface area (Å²) in [6.07, 6.45) is 0.196. The molecule has 0 aromatic heterocycles. The monoisotopic (exact) mass is 316 g/mol. The zero-order valence-electron chi connectivity index (χ0n) is 13.4. The van der Waals surface area contributed by atoms with Crippen LogP contribution in [0.25, 0.3) is 0 Å². The highest BCUT2D eigenvalue weighted by Crippen LogP contribution is 2.31. The zero-order chi connectivity index (χ0) is 16.8. The van der Waals surface area contributed by atoms with Crippen molar-refractivity contribution in [2.24, 2.45) is 0 Å². The van der Waals surface area contributed by atoms with E-state index in [1.807, 2.05) is 13.8 Å². The number of halogens is 1. The first-order valence-electron chi connectivity index (χ1n) is 7.64. The average Bonchev–Trinajstić information content (AvgIpc) is 2.54. The maximum atomic E-state index is 13.7. The molecule has 0 unspecified atom stereocenters. The molecule has 0 saturated carbocycles. The molecule has 0 saturated heterocycles. The van der Waals surface area contributed by atoms with Crippen molar-refractivity contribution in [2.45, 2.75) is 20.3 Å². The van der Waals surface area contributed by atoms with Gasteiger partial charge in [-0.25, -0.2) is 4.39 Å². The van der Waals surface area contributed by atoms with Crippen LogP contribution in [-0.4, -0.2) is 23.9 Å². The minimum Gasteiger partial charge on any atom is -0.452 e. The van der Waals surface area contributed by atoms with Gasteiger partial charge in [0.05, 0.1) is 12.1 Å². The minimum absolute atomic E-state index is 0.00439. The molecule has 122 valence electrons. The fourth-order valence-corrected chi connectivity index (χ4v) is 2.33. The molecule has 5 heteroatoms. The Morgan fingerprint density at radius 2 is 1.74 bits per heavy atom. The maximum absolute atomic E-state index is 13.7. The zero-order valence-corrected chi connectivity index (χ0v) is 13.4. The fourth-order valence-electron chi connectivity index (χ4n) is 2.33. The summed E-state index contributed by atoms with van der Waals surface area (Å²) in [5.74, 6) is -0.00683. The van der Waals surface area contributed by atoms with Crippen LogP contribution in [0.1, 0.15) is 19.4 Å². The average molecular weight is 316 g/mol. The van der Waals surface area contributed by atoms with E-state index >= 15 is 0 Å². The van der Waals surface area contributed by atoms with Crippen molar-refractivity contribution in [1.82, 2.24) is 4.90 Å². The third-order valence-corrected chi connectivity index (χ3v) is 3.67. The van der Waals surface area contributed by atoms with E-state index in [2.05, 4.69) is 0 Å². The molecule has 0 bridgehead atoms. The lowest BCUT2D eigenvalue weighted by atomic mass is 10.1. The van der Waals surface area contributed by atoms with Gasteiger partial charge >= 0.3 is 0 Å². The van der Waals surface area contributed by atoms with Crippen LogP contribution in [-0.2, 0) is 11.2 Å². The van der Waals surface area contributed by atoms with Gasteiger partial charge in [-0.2, -0.15) is 0 Å². The Balaban J connectivity index is 2.21. The van der Waals surface area contributed by atoms with E-state index < -0.39 is 5.82 Å². The van der Waals surface area contributed by atoms with Crippen molar-refractivity contribution in [3.63, 3.8) is 0 Å². The number of carbonyl (C=O) groups is 1. The van der Waals surface area contributed by atoms with Crippen molar-refractivity contribution in [2.75, 3.05) is 18.8 Å². The van der Waals surface area contributed by atoms with Gasteiger partial charge in [-0.1, -0.05) is 24.3 Å². The van der Waals surface area contributed by atoms with E-state index in [0.29, 0.717) is 30.1 Å². The molecule has 0 aliphatic carbocycles. The second-order valence-corrected chi connectivity index (χ2v) is 5.10. The van der Waals surface area contributed by atoms with E-state index in [1.54, 1.807) is 35.2 Å². The molecule has 2 N–H and O–H groups in total. The Kier molecular flexibility index (Phi) is 5.57. The number of carbonyl (C=O) groups excluding carboxylic acids is 1. The summed E-state index contributed by atoms with van der Waals surface area (Å²) in [5, 5.41) is 0. The molecule has 1 amide bonds. The van der Waals surface area contributed by atoms with Crippen LogP contribution in [0.15, 0.2) is 42.5 Å². The van der Waals surface area contributed by atoms with Crippen LogP contribution < -0.4 is 10.5 Å². The predicted octanol–water partition coefficient (Wildman–Crippen LogP) is 3.61. The standard InChI is InChI=1S/C18H21FN2O2/c1-3-21(4-2)17(22)12-13-8-7-11-16(18(13)20)23-15-10-6-5-9-14(15)19/h5-11H,3-4,12,20H2,1-2H3. The van der Waals surface area contributed by atoms with Gasteiger partial charge in [0, 0.05) is 13.1 Å². The lowest BCUT2D eigenvalue weighted by Crippen LogP contribution is -2.31. The van der Waals surface area contributed by atoms with Crippen molar-refractivity contribution in [3.05, 3.63) is 53.8 Å². The molecule has 2 rings (SSSR count). The number of hydrogen-bond donors (Lipinski definition) is 1. The highest BCUT2D eigenvalue weighted by atomic mass is 19.1. The molecule has 0 spiro atoms. The van der Waals surface area contributed by atoms with Crippen LogP contribution in [0.5, 0.6) is 11.5 Å². The van der Waals surface area contributed by atoms with Crippen LogP contribution >= 0.6 is 0 Å². The van der Waals surface area contributed by atoms with Crippen molar-refractivity contribution >= 4 is 11.6 Å². The number of benzene rings is 2. The normalized spacial score (nSPS) is 10.4. The minimum atomic E-state index is -0.462. The smallest absolute Gasteiger partial charge is 0.227 e. The van der Waals surface area contributed by atoms with Crippen molar-refractivity contribution in [3.8, 4) is 11.5 Å².